The number of aromatic amines is 1. The Morgan fingerprint density at radius 3 is 2.65 bits per heavy atom. The van der Waals surface area contributed by atoms with Crippen LogP contribution in [0.5, 0.6) is 5.75 Å². The number of ether oxygens (including phenoxy) is 1. The van der Waals surface area contributed by atoms with Crippen LogP contribution < -0.4 is 10.5 Å². The average Bonchev–Trinajstić information content (AvgIpc) is 3.04. The Balaban J connectivity index is 0.00000192. The van der Waals surface area contributed by atoms with Gasteiger partial charge in [-0.25, -0.2) is 4.98 Å². The smallest absolute Gasteiger partial charge is 0.406 e. The predicted octanol–water partition coefficient (Wildman–Crippen LogP) is 2.93. The molecule has 1 aromatic carbocycles. The number of benzene rings is 1. The van der Waals surface area contributed by atoms with Gasteiger partial charge < -0.3 is 20.4 Å². The van der Waals surface area contributed by atoms with E-state index in [9.17, 15) is 13.2 Å². The maximum Gasteiger partial charge on any atom is 0.573 e. The standard InChI is InChI=1S/C13H14F3N5O.ClH/c14-13(15,16)22-8-3-4-9-10(7-8)19-12(18-9)20-11(17)21-5-1-2-6-21;/h3-4,7H,1-2,5-6H2,(H3,17,18,19,20);1H. The Morgan fingerprint density at radius 2 is 2.00 bits per heavy atom. The zero-order valence-electron chi connectivity index (χ0n) is 11.9. The summed E-state index contributed by atoms with van der Waals surface area (Å²) in [5, 5.41) is 0. The highest BCUT2D eigenvalue weighted by Crippen LogP contribution is 2.26. The molecule has 1 aliphatic rings. The van der Waals surface area contributed by atoms with E-state index in [0.29, 0.717) is 17.0 Å². The van der Waals surface area contributed by atoms with Crippen molar-refractivity contribution < 1.29 is 17.9 Å². The largest absolute Gasteiger partial charge is 0.573 e. The Bertz CT molecular complexity index is 709. The van der Waals surface area contributed by atoms with Gasteiger partial charge in [0.15, 0.2) is 5.96 Å². The molecule has 1 aromatic heterocycles. The minimum Gasteiger partial charge on any atom is -0.406 e. The molecule has 0 unspecified atom stereocenters. The lowest BCUT2D eigenvalue weighted by Crippen LogP contribution is -2.34. The van der Waals surface area contributed by atoms with Gasteiger partial charge in [0, 0.05) is 19.2 Å². The number of H-pyrrole nitrogens is 1. The first-order valence-corrected chi connectivity index (χ1v) is 6.75. The quantitative estimate of drug-likeness (QED) is 0.645. The van der Waals surface area contributed by atoms with Crippen LogP contribution in [0.1, 0.15) is 12.8 Å². The van der Waals surface area contributed by atoms with Crippen molar-refractivity contribution in [2.24, 2.45) is 10.7 Å². The molecule has 126 valence electrons. The molecule has 1 fully saturated rings. The number of nitrogens with one attached hydrogen (secondary N) is 1. The number of hydrogen-bond donors (Lipinski definition) is 2. The average molecular weight is 350 g/mol. The number of nitrogens with two attached hydrogens (primary N) is 1. The summed E-state index contributed by atoms with van der Waals surface area (Å²) in [5.41, 5.74) is 6.77. The van der Waals surface area contributed by atoms with Gasteiger partial charge in [-0.05, 0) is 25.0 Å². The number of alkyl halides is 3. The zero-order valence-corrected chi connectivity index (χ0v) is 12.7. The number of guanidine groups is 1. The molecule has 0 atom stereocenters. The maximum absolute atomic E-state index is 12.2. The topological polar surface area (TPSA) is 79.5 Å². The number of likely N-dealkylation sites (tertiary alicyclic amines) is 1. The second kappa shape index (κ2) is 6.53. The van der Waals surface area contributed by atoms with E-state index in [2.05, 4.69) is 19.7 Å². The lowest BCUT2D eigenvalue weighted by Gasteiger charge is -2.14. The van der Waals surface area contributed by atoms with Crippen LogP contribution in [0.2, 0.25) is 0 Å². The fourth-order valence-corrected chi connectivity index (χ4v) is 2.35. The molecule has 0 amide bonds. The summed E-state index contributed by atoms with van der Waals surface area (Å²) in [7, 11) is 0. The van der Waals surface area contributed by atoms with Crippen LogP contribution in [0.4, 0.5) is 19.1 Å². The number of fused-ring (bicyclic) bond motifs is 1. The third kappa shape index (κ3) is 4.19. The molecule has 0 spiro atoms. The van der Waals surface area contributed by atoms with Gasteiger partial charge in [0.25, 0.3) is 0 Å². The van der Waals surface area contributed by atoms with E-state index in [1.54, 1.807) is 0 Å². The molecular weight excluding hydrogens is 335 g/mol. The second-order valence-corrected chi connectivity index (χ2v) is 4.95. The molecule has 10 heteroatoms. The highest BCUT2D eigenvalue weighted by molar-refractivity contribution is 5.85. The molecule has 0 saturated carbocycles. The number of nitrogens with zero attached hydrogens (tertiary/aromatic N) is 3. The monoisotopic (exact) mass is 349 g/mol. The van der Waals surface area contributed by atoms with E-state index in [0.717, 1.165) is 25.9 Å². The summed E-state index contributed by atoms with van der Waals surface area (Å²) in [6.07, 6.45) is -2.60. The second-order valence-electron chi connectivity index (χ2n) is 4.95. The number of rotatable bonds is 2. The molecule has 0 radical (unpaired) electrons. The van der Waals surface area contributed by atoms with Crippen molar-refractivity contribution in [2.75, 3.05) is 13.1 Å². The maximum atomic E-state index is 12.2. The summed E-state index contributed by atoms with van der Waals surface area (Å²) in [5.74, 6) is 0.290. The molecule has 2 heterocycles. The SMILES string of the molecule is Cl.N/C(=N/c1nc2ccc(OC(F)(F)F)cc2[nH]1)N1CCCC1. The van der Waals surface area contributed by atoms with Gasteiger partial charge in [-0.1, -0.05) is 0 Å². The first-order chi connectivity index (χ1) is 10.4. The Morgan fingerprint density at radius 1 is 1.30 bits per heavy atom. The van der Waals surface area contributed by atoms with Crippen LogP contribution in [0.15, 0.2) is 23.2 Å². The first-order valence-electron chi connectivity index (χ1n) is 6.75. The third-order valence-electron chi connectivity index (χ3n) is 3.32. The molecule has 2 aromatic rings. The fourth-order valence-electron chi connectivity index (χ4n) is 2.35. The highest BCUT2D eigenvalue weighted by atomic mass is 35.5. The minimum absolute atomic E-state index is 0. The van der Waals surface area contributed by atoms with Crippen molar-refractivity contribution in [3.8, 4) is 5.75 Å². The lowest BCUT2D eigenvalue weighted by molar-refractivity contribution is -0.274. The first kappa shape index (κ1) is 17.2. The number of hydrogen-bond acceptors (Lipinski definition) is 3. The summed E-state index contributed by atoms with van der Waals surface area (Å²) in [6.45, 7) is 1.69. The van der Waals surface area contributed by atoms with E-state index < -0.39 is 6.36 Å². The Kier molecular flexibility index (Phi) is 4.88. The van der Waals surface area contributed by atoms with Gasteiger partial charge in [0.05, 0.1) is 11.0 Å². The van der Waals surface area contributed by atoms with E-state index in [1.807, 2.05) is 4.90 Å². The van der Waals surface area contributed by atoms with Gasteiger partial charge in [-0.3, -0.25) is 0 Å². The van der Waals surface area contributed by atoms with Crippen LogP contribution >= 0.6 is 12.4 Å². The molecule has 23 heavy (non-hydrogen) atoms. The van der Waals surface area contributed by atoms with Crippen LogP contribution in [-0.2, 0) is 0 Å². The van der Waals surface area contributed by atoms with Crippen LogP contribution in [-0.4, -0.2) is 40.3 Å². The Hall–Kier alpha value is -2.16. The van der Waals surface area contributed by atoms with Crippen molar-refractivity contribution in [1.29, 1.82) is 0 Å². The van der Waals surface area contributed by atoms with Crippen molar-refractivity contribution >= 4 is 35.3 Å². The number of aromatic nitrogens is 2. The molecule has 1 saturated heterocycles. The van der Waals surface area contributed by atoms with Crippen molar-refractivity contribution in [2.45, 2.75) is 19.2 Å². The molecule has 1 aliphatic heterocycles. The number of halogens is 4. The van der Waals surface area contributed by atoms with Crippen LogP contribution in [0, 0.1) is 0 Å². The number of imidazole rings is 1. The molecule has 3 rings (SSSR count). The summed E-state index contributed by atoms with van der Waals surface area (Å²) < 4.78 is 40.5. The summed E-state index contributed by atoms with van der Waals surface area (Å²) >= 11 is 0. The molecule has 0 bridgehead atoms. The van der Waals surface area contributed by atoms with Gasteiger partial charge in [0.2, 0.25) is 5.95 Å². The van der Waals surface area contributed by atoms with Crippen LogP contribution in [0.3, 0.4) is 0 Å². The van der Waals surface area contributed by atoms with Crippen LogP contribution in [0.25, 0.3) is 11.0 Å². The van der Waals surface area contributed by atoms with E-state index in [-0.39, 0.29) is 24.1 Å². The van der Waals surface area contributed by atoms with Gasteiger partial charge in [0.1, 0.15) is 5.75 Å². The normalized spacial score (nSPS) is 15.8. The lowest BCUT2D eigenvalue weighted by atomic mass is 10.3. The van der Waals surface area contributed by atoms with E-state index in [4.69, 9.17) is 5.73 Å². The molecular formula is C13H15ClF3N5O. The number of aliphatic imine (C=N–C) groups is 1. The van der Waals surface area contributed by atoms with Gasteiger partial charge in [-0.15, -0.1) is 25.6 Å². The molecule has 6 nitrogen and oxygen atoms in total. The zero-order chi connectivity index (χ0) is 15.7. The van der Waals surface area contributed by atoms with Gasteiger partial charge >= 0.3 is 6.36 Å². The fraction of sp³-hybridized carbons (Fsp3) is 0.385. The van der Waals surface area contributed by atoms with Crippen molar-refractivity contribution in [1.82, 2.24) is 14.9 Å². The third-order valence-corrected chi connectivity index (χ3v) is 3.32. The highest BCUT2D eigenvalue weighted by Gasteiger charge is 2.31. The summed E-state index contributed by atoms with van der Waals surface area (Å²) in [6, 6.07) is 3.85. The van der Waals surface area contributed by atoms with E-state index in [1.165, 1.54) is 18.2 Å². The van der Waals surface area contributed by atoms with Crippen molar-refractivity contribution in [3.63, 3.8) is 0 Å². The predicted molar refractivity (Wildman–Crippen MR) is 82.1 cm³/mol. The Labute approximate surface area is 135 Å². The molecule has 0 aliphatic carbocycles. The van der Waals surface area contributed by atoms with Crippen molar-refractivity contribution in [3.05, 3.63) is 18.2 Å². The van der Waals surface area contributed by atoms with E-state index >= 15 is 0 Å². The van der Waals surface area contributed by atoms with Gasteiger partial charge in [-0.2, -0.15) is 4.99 Å². The summed E-state index contributed by atoms with van der Waals surface area (Å²) in [4.78, 5) is 13.1. The molecule has 3 N–H and O–H groups in total. The minimum atomic E-state index is -4.73.